The Kier molecular flexibility index (Phi) is 5.48. The number of imide groups is 1. The van der Waals surface area contributed by atoms with Crippen molar-refractivity contribution >= 4 is 29.2 Å². The summed E-state index contributed by atoms with van der Waals surface area (Å²) in [5.41, 5.74) is -1.31. The zero-order valence-corrected chi connectivity index (χ0v) is 15.5. The van der Waals surface area contributed by atoms with E-state index in [2.05, 4.69) is 10.6 Å². The number of anilines is 1. The van der Waals surface area contributed by atoms with E-state index >= 15 is 0 Å². The molecule has 4 amide bonds. The van der Waals surface area contributed by atoms with Crippen LogP contribution in [-0.4, -0.2) is 46.9 Å². The number of amides is 4. The number of hydrogen-bond acceptors (Lipinski definition) is 6. The number of carbonyl (C=O) groups is 3. The zero-order chi connectivity index (χ0) is 20.3. The standard InChI is InChI=1S/C18H22N4O6/c1-28-12-6-7-13(14(10-12)22(26)27)19-15(23)11-21-16(24)18(20-17(21)25)8-4-2-3-5-9-18/h6-7,10H,2-5,8-9,11H2,1H3,(H,19,23)(H,20,25). The lowest BCUT2D eigenvalue weighted by Crippen LogP contribution is -2.47. The summed E-state index contributed by atoms with van der Waals surface area (Å²) in [6.07, 6.45) is 4.80. The summed E-state index contributed by atoms with van der Waals surface area (Å²) in [6.45, 7) is -0.504. The lowest BCUT2D eigenvalue weighted by atomic mass is 9.90. The highest BCUT2D eigenvalue weighted by molar-refractivity contribution is 6.10. The number of nitrogens with zero attached hydrogens (tertiary/aromatic N) is 2. The molecule has 0 bridgehead atoms. The van der Waals surface area contributed by atoms with Gasteiger partial charge in [-0.05, 0) is 25.0 Å². The second-order valence-corrected chi connectivity index (χ2v) is 7.01. The van der Waals surface area contributed by atoms with Gasteiger partial charge in [-0.2, -0.15) is 0 Å². The van der Waals surface area contributed by atoms with Gasteiger partial charge in [0.15, 0.2) is 0 Å². The summed E-state index contributed by atoms with van der Waals surface area (Å²) in [7, 11) is 1.37. The Morgan fingerprint density at radius 2 is 1.96 bits per heavy atom. The molecule has 10 heteroatoms. The first-order valence-corrected chi connectivity index (χ1v) is 9.13. The van der Waals surface area contributed by atoms with Crippen molar-refractivity contribution in [1.29, 1.82) is 0 Å². The number of carbonyl (C=O) groups excluding carboxylic acids is 3. The number of nitro benzene ring substituents is 1. The van der Waals surface area contributed by atoms with E-state index in [1.807, 2.05) is 0 Å². The minimum Gasteiger partial charge on any atom is -0.496 e. The number of nitrogens with one attached hydrogen (secondary N) is 2. The van der Waals surface area contributed by atoms with Crippen LogP contribution < -0.4 is 15.4 Å². The zero-order valence-electron chi connectivity index (χ0n) is 15.5. The van der Waals surface area contributed by atoms with Crippen LogP contribution in [0.2, 0.25) is 0 Å². The predicted molar refractivity (Wildman–Crippen MR) is 99.0 cm³/mol. The lowest BCUT2D eigenvalue weighted by Gasteiger charge is -2.24. The van der Waals surface area contributed by atoms with E-state index in [0.29, 0.717) is 12.8 Å². The van der Waals surface area contributed by atoms with Crippen molar-refractivity contribution in [2.24, 2.45) is 0 Å². The van der Waals surface area contributed by atoms with Crippen molar-refractivity contribution in [3.8, 4) is 5.75 Å². The highest BCUT2D eigenvalue weighted by atomic mass is 16.6. The van der Waals surface area contributed by atoms with Crippen LogP contribution >= 0.6 is 0 Å². The quantitative estimate of drug-likeness (QED) is 0.450. The molecule has 2 fully saturated rings. The van der Waals surface area contributed by atoms with E-state index in [1.165, 1.54) is 25.3 Å². The van der Waals surface area contributed by atoms with Crippen LogP contribution in [0.3, 0.4) is 0 Å². The van der Waals surface area contributed by atoms with Gasteiger partial charge in [-0.15, -0.1) is 0 Å². The first kappa shape index (κ1) is 19.6. The Bertz CT molecular complexity index is 816. The van der Waals surface area contributed by atoms with Crippen LogP contribution in [-0.2, 0) is 9.59 Å². The average Bonchev–Trinajstić information content (AvgIpc) is 2.83. The molecule has 150 valence electrons. The fraction of sp³-hybridized carbons (Fsp3) is 0.500. The third-order valence-corrected chi connectivity index (χ3v) is 5.18. The Balaban J connectivity index is 1.72. The van der Waals surface area contributed by atoms with Gasteiger partial charge in [0.25, 0.3) is 11.6 Å². The number of hydrogen-bond donors (Lipinski definition) is 2. The van der Waals surface area contributed by atoms with Crippen LogP contribution in [0.5, 0.6) is 5.75 Å². The molecule has 10 nitrogen and oxygen atoms in total. The van der Waals surface area contributed by atoms with Crippen LogP contribution in [0, 0.1) is 10.1 Å². The van der Waals surface area contributed by atoms with Crippen LogP contribution in [0.4, 0.5) is 16.2 Å². The second-order valence-electron chi connectivity index (χ2n) is 7.01. The van der Waals surface area contributed by atoms with Crippen molar-refractivity contribution in [3.63, 3.8) is 0 Å². The normalized spacial score (nSPS) is 18.5. The minimum atomic E-state index is -0.931. The largest absolute Gasteiger partial charge is 0.496 e. The number of nitro groups is 1. The van der Waals surface area contributed by atoms with Crippen molar-refractivity contribution < 1.29 is 24.0 Å². The smallest absolute Gasteiger partial charge is 0.325 e. The fourth-order valence-electron chi connectivity index (χ4n) is 3.72. The van der Waals surface area contributed by atoms with Gasteiger partial charge in [0.2, 0.25) is 5.91 Å². The van der Waals surface area contributed by atoms with Gasteiger partial charge >= 0.3 is 6.03 Å². The van der Waals surface area contributed by atoms with Gasteiger partial charge in [-0.1, -0.05) is 25.7 Å². The van der Waals surface area contributed by atoms with Crippen molar-refractivity contribution in [2.75, 3.05) is 19.0 Å². The van der Waals surface area contributed by atoms with E-state index < -0.39 is 34.9 Å². The molecular formula is C18H22N4O6. The van der Waals surface area contributed by atoms with Gasteiger partial charge in [0.1, 0.15) is 23.5 Å². The topological polar surface area (TPSA) is 131 Å². The molecule has 1 aliphatic heterocycles. The molecule has 1 aromatic carbocycles. The maximum atomic E-state index is 12.8. The molecule has 28 heavy (non-hydrogen) atoms. The molecule has 3 rings (SSSR count). The average molecular weight is 390 g/mol. The fourth-order valence-corrected chi connectivity index (χ4v) is 3.72. The number of urea groups is 1. The number of ether oxygens (including phenoxy) is 1. The number of benzene rings is 1. The molecule has 0 aromatic heterocycles. The van der Waals surface area contributed by atoms with Crippen molar-refractivity contribution in [1.82, 2.24) is 10.2 Å². The predicted octanol–water partition coefficient (Wildman–Crippen LogP) is 2.19. The van der Waals surface area contributed by atoms with Crippen LogP contribution in [0.1, 0.15) is 38.5 Å². The number of rotatable bonds is 5. The summed E-state index contributed by atoms with van der Waals surface area (Å²) in [6, 6.07) is 3.39. The SMILES string of the molecule is COc1ccc(NC(=O)CN2C(=O)NC3(CCCCCC3)C2=O)c([N+](=O)[O-])c1. The summed E-state index contributed by atoms with van der Waals surface area (Å²) in [5.74, 6) is -0.824. The molecule has 1 saturated carbocycles. The van der Waals surface area contributed by atoms with Gasteiger partial charge in [-0.25, -0.2) is 4.79 Å². The molecule has 0 atom stereocenters. The van der Waals surface area contributed by atoms with Crippen LogP contribution in [0.15, 0.2) is 18.2 Å². The Morgan fingerprint density at radius 3 is 2.57 bits per heavy atom. The van der Waals surface area contributed by atoms with E-state index in [9.17, 15) is 24.5 Å². The van der Waals surface area contributed by atoms with Gasteiger partial charge < -0.3 is 15.4 Å². The molecular weight excluding hydrogens is 368 g/mol. The lowest BCUT2D eigenvalue weighted by molar-refractivity contribution is -0.384. The maximum Gasteiger partial charge on any atom is 0.325 e. The first-order chi connectivity index (χ1) is 13.4. The molecule has 0 radical (unpaired) electrons. The minimum absolute atomic E-state index is 0.0352. The van der Waals surface area contributed by atoms with E-state index in [0.717, 1.165) is 30.6 Å². The molecule has 2 N–H and O–H groups in total. The third-order valence-electron chi connectivity index (χ3n) is 5.18. The summed E-state index contributed by atoms with van der Waals surface area (Å²) in [5, 5.41) is 16.4. The molecule has 0 unspecified atom stereocenters. The molecule has 1 saturated heterocycles. The highest BCUT2D eigenvalue weighted by Crippen LogP contribution is 2.33. The second kappa shape index (κ2) is 7.83. The molecule has 1 heterocycles. The molecule has 1 spiro atoms. The van der Waals surface area contributed by atoms with E-state index in [-0.39, 0.29) is 17.1 Å². The first-order valence-electron chi connectivity index (χ1n) is 9.13. The van der Waals surface area contributed by atoms with Gasteiger partial charge in [0.05, 0.1) is 18.1 Å². The van der Waals surface area contributed by atoms with E-state index in [1.54, 1.807) is 0 Å². The molecule has 1 aliphatic carbocycles. The van der Waals surface area contributed by atoms with Crippen LogP contribution in [0.25, 0.3) is 0 Å². The van der Waals surface area contributed by atoms with Crippen molar-refractivity contribution in [2.45, 2.75) is 44.1 Å². The Morgan fingerprint density at radius 1 is 1.29 bits per heavy atom. The summed E-state index contributed by atoms with van der Waals surface area (Å²) >= 11 is 0. The van der Waals surface area contributed by atoms with Gasteiger partial charge in [0, 0.05) is 0 Å². The monoisotopic (exact) mass is 390 g/mol. The maximum absolute atomic E-state index is 12.8. The van der Waals surface area contributed by atoms with E-state index in [4.69, 9.17) is 4.74 Å². The summed E-state index contributed by atoms with van der Waals surface area (Å²) in [4.78, 5) is 49.0. The Labute approximate surface area is 161 Å². The summed E-state index contributed by atoms with van der Waals surface area (Å²) < 4.78 is 4.95. The highest BCUT2D eigenvalue weighted by Gasteiger charge is 2.51. The van der Waals surface area contributed by atoms with Gasteiger partial charge in [-0.3, -0.25) is 24.6 Å². The van der Waals surface area contributed by atoms with Crippen molar-refractivity contribution in [3.05, 3.63) is 28.3 Å². The molecule has 1 aromatic rings. The molecule has 2 aliphatic rings. The third kappa shape index (κ3) is 3.75. The number of methoxy groups -OCH3 is 1. The Hall–Kier alpha value is -3.17.